The normalized spacial score (nSPS) is 13.3. The number of methoxy groups -OCH3 is 1. The molecule has 0 radical (unpaired) electrons. The van der Waals surface area contributed by atoms with Gasteiger partial charge in [-0.3, -0.25) is 0 Å². The van der Waals surface area contributed by atoms with Crippen molar-refractivity contribution in [2.45, 2.75) is 39.3 Å². The zero-order valence-corrected chi connectivity index (χ0v) is 11.0. The summed E-state index contributed by atoms with van der Waals surface area (Å²) in [5.41, 5.74) is -1.29. The van der Waals surface area contributed by atoms with Gasteiger partial charge in [0.25, 0.3) is 0 Å². The zero-order chi connectivity index (χ0) is 13.6. The van der Waals surface area contributed by atoms with Crippen molar-refractivity contribution in [2.24, 2.45) is 5.92 Å². The molecule has 6 nitrogen and oxygen atoms in total. The van der Waals surface area contributed by atoms with E-state index in [9.17, 15) is 9.59 Å². The lowest BCUT2D eigenvalue weighted by Crippen LogP contribution is -2.56. The summed E-state index contributed by atoms with van der Waals surface area (Å²) >= 11 is 0. The SMILES string of the molecule is COCC(NC(=O)NC(C)(C)C(=O)O)C(C)C. The highest BCUT2D eigenvalue weighted by Gasteiger charge is 2.29. The lowest BCUT2D eigenvalue weighted by atomic mass is 10.1. The first-order chi connectivity index (χ1) is 7.70. The van der Waals surface area contributed by atoms with E-state index in [1.807, 2.05) is 13.8 Å². The van der Waals surface area contributed by atoms with E-state index in [0.717, 1.165) is 0 Å². The van der Waals surface area contributed by atoms with Gasteiger partial charge in [-0.15, -0.1) is 0 Å². The Morgan fingerprint density at radius 2 is 1.88 bits per heavy atom. The highest BCUT2D eigenvalue weighted by molar-refractivity contribution is 5.85. The van der Waals surface area contributed by atoms with Crippen molar-refractivity contribution in [3.63, 3.8) is 0 Å². The number of carbonyl (C=O) groups excluding carboxylic acids is 1. The predicted octanol–water partition coefficient (Wildman–Crippen LogP) is 0.820. The van der Waals surface area contributed by atoms with Gasteiger partial charge in [-0.2, -0.15) is 0 Å². The van der Waals surface area contributed by atoms with Crippen LogP contribution in [0.2, 0.25) is 0 Å². The summed E-state index contributed by atoms with van der Waals surface area (Å²) in [5, 5.41) is 14.0. The van der Waals surface area contributed by atoms with Crippen LogP contribution in [-0.4, -0.2) is 42.4 Å². The summed E-state index contributed by atoms with van der Waals surface area (Å²) in [5.74, 6) is -0.880. The lowest BCUT2D eigenvalue weighted by Gasteiger charge is -2.26. The van der Waals surface area contributed by atoms with Gasteiger partial charge in [0.1, 0.15) is 5.54 Å². The topological polar surface area (TPSA) is 87.7 Å². The van der Waals surface area contributed by atoms with Crippen LogP contribution in [0.5, 0.6) is 0 Å². The number of urea groups is 1. The third-order valence-corrected chi connectivity index (χ3v) is 2.43. The molecule has 2 amide bonds. The largest absolute Gasteiger partial charge is 0.480 e. The highest BCUT2D eigenvalue weighted by Crippen LogP contribution is 2.04. The number of aliphatic carboxylic acids is 1. The third-order valence-electron chi connectivity index (χ3n) is 2.43. The number of rotatable bonds is 6. The summed E-state index contributed by atoms with van der Waals surface area (Å²) in [6, 6.07) is -0.655. The fraction of sp³-hybridized carbons (Fsp3) is 0.818. The van der Waals surface area contributed by atoms with Crippen molar-refractivity contribution in [1.29, 1.82) is 0 Å². The minimum Gasteiger partial charge on any atom is -0.480 e. The molecule has 0 bridgehead atoms. The van der Waals surface area contributed by atoms with E-state index < -0.39 is 17.5 Å². The van der Waals surface area contributed by atoms with Crippen LogP contribution in [0.4, 0.5) is 4.79 Å². The molecule has 100 valence electrons. The molecule has 0 aromatic heterocycles. The molecule has 0 heterocycles. The maximum absolute atomic E-state index is 11.6. The van der Waals surface area contributed by atoms with E-state index in [4.69, 9.17) is 9.84 Å². The second kappa shape index (κ2) is 6.44. The number of amides is 2. The maximum Gasteiger partial charge on any atom is 0.328 e. The average Bonchev–Trinajstić information content (AvgIpc) is 2.15. The van der Waals surface area contributed by atoms with Crippen molar-refractivity contribution in [1.82, 2.24) is 10.6 Å². The van der Waals surface area contributed by atoms with Crippen LogP contribution in [0.25, 0.3) is 0 Å². The lowest BCUT2D eigenvalue weighted by molar-refractivity contribution is -0.142. The Kier molecular flexibility index (Phi) is 5.95. The van der Waals surface area contributed by atoms with E-state index in [0.29, 0.717) is 6.61 Å². The molecule has 6 heteroatoms. The van der Waals surface area contributed by atoms with Gasteiger partial charge < -0.3 is 20.5 Å². The first kappa shape index (κ1) is 15.7. The summed E-state index contributed by atoms with van der Waals surface area (Å²) in [4.78, 5) is 22.4. The summed E-state index contributed by atoms with van der Waals surface area (Å²) in [6.45, 7) is 7.14. The summed E-state index contributed by atoms with van der Waals surface area (Å²) in [6.07, 6.45) is 0. The van der Waals surface area contributed by atoms with Crippen molar-refractivity contribution in [3.05, 3.63) is 0 Å². The second-order valence-corrected chi connectivity index (χ2v) is 4.83. The summed E-state index contributed by atoms with van der Waals surface area (Å²) < 4.78 is 4.98. The Labute approximate surface area is 102 Å². The second-order valence-electron chi connectivity index (χ2n) is 4.83. The number of hydrogen-bond donors (Lipinski definition) is 3. The van der Waals surface area contributed by atoms with Crippen molar-refractivity contribution >= 4 is 12.0 Å². The predicted molar refractivity (Wildman–Crippen MR) is 63.9 cm³/mol. The molecule has 0 spiro atoms. The van der Waals surface area contributed by atoms with E-state index in [2.05, 4.69) is 10.6 Å². The molecular weight excluding hydrogens is 224 g/mol. The van der Waals surface area contributed by atoms with Crippen LogP contribution in [0.1, 0.15) is 27.7 Å². The van der Waals surface area contributed by atoms with Gasteiger partial charge in [-0.1, -0.05) is 13.8 Å². The van der Waals surface area contributed by atoms with Gasteiger partial charge >= 0.3 is 12.0 Å². The molecule has 0 aliphatic rings. The Morgan fingerprint density at radius 3 is 2.24 bits per heavy atom. The smallest absolute Gasteiger partial charge is 0.328 e. The molecule has 0 aliphatic heterocycles. The fourth-order valence-corrected chi connectivity index (χ4v) is 1.12. The Morgan fingerprint density at radius 1 is 1.35 bits per heavy atom. The van der Waals surface area contributed by atoms with Crippen LogP contribution >= 0.6 is 0 Å². The first-order valence-corrected chi connectivity index (χ1v) is 5.51. The van der Waals surface area contributed by atoms with Gasteiger partial charge in [0.15, 0.2) is 0 Å². The number of carboxylic acid groups (broad SMARTS) is 1. The van der Waals surface area contributed by atoms with Gasteiger partial charge in [-0.05, 0) is 19.8 Å². The van der Waals surface area contributed by atoms with Crippen LogP contribution in [0.15, 0.2) is 0 Å². The molecule has 0 aromatic carbocycles. The third kappa shape index (κ3) is 5.53. The molecule has 1 unspecified atom stereocenters. The minimum absolute atomic E-state index is 0.149. The quantitative estimate of drug-likeness (QED) is 0.647. The first-order valence-electron chi connectivity index (χ1n) is 5.51. The maximum atomic E-state index is 11.6. The van der Waals surface area contributed by atoms with Crippen molar-refractivity contribution in [3.8, 4) is 0 Å². The molecular formula is C11H22N2O4. The van der Waals surface area contributed by atoms with Crippen LogP contribution in [-0.2, 0) is 9.53 Å². The number of carboxylic acids is 1. The van der Waals surface area contributed by atoms with Gasteiger partial charge in [0, 0.05) is 7.11 Å². The van der Waals surface area contributed by atoms with Crippen LogP contribution in [0, 0.1) is 5.92 Å². The number of nitrogens with one attached hydrogen (secondary N) is 2. The minimum atomic E-state index is -1.29. The fourth-order valence-electron chi connectivity index (χ4n) is 1.12. The van der Waals surface area contributed by atoms with Gasteiger partial charge in [0.05, 0.1) is 12.6 Å². The van der Waals surface area contributed by atoms with Crippen molar-refractivity contribution < 1.29 is 19.4 Å². The van der Waals surface area contributed by atoms with Gasteiger partial charge in [0.2, 0.25) is 0 Å². The molecule has 0 aromatic rings. The molecule has 1 atom stereocenters. The monoisotopic (exact) mass is 246 g/mol. The van der Waals surface area contributed by atoms with Crippen LogP contribution < -0.4 is 10.6 Å². The molecule has 0 aliphatic carbocycles. The van der Waals surface area contributed by atoms with Gasteiger partial charge in [-0.25, -0.2) is 9.59 Å². The number of hydrogen-bond acceptors (Lipinski definition) is 3. The highest BCUT2D eigenvalue weighted by atomic mass is 16.5. The molecule has 0 rings (SSSR count). The molecule has 0 saturated heterocycles. The average molecular weight is 246 g/mol. The summed E-state index contributed by atoms with van der Waals surface area (Å²) in [7, 11) is 1.55. The Bertz CT molecular complexity index is 277. The molecule has 3 N–H and O–H groups in total. The standard InChI is InChI=1S/C11H22N2O4/c1-7(2)8(6-17-5)12-10(16)13-11(3,4)9(14)15/h7-8H,6H2,1-5H3,(H,14,15)(H2,12,13,16). The Balaban J connectivity index is 4.38. The van der Waals surface area contributed by atoms with E-state index in [1.165, 1.54) is 13.8 Å². The number of ether oxygens (including phenoxy) is 1. The molecule has 0 saturated carbocycles. The van der Waals surface area contributed by atoms with Crippen molar-refractivity contribution in [2.75, 3.05) is 13.7 Å². The van der Waals surface area contributed by atoms with E-state index >= 15 is 0 Å². The van der Waals surface area contributed by atoms with E-state index in [-0.39, 0.29) is 12.0 Å². The Hall–Kier alpha value is -1.30. The zero-order valence-electron chi connectivity index (χ0n) is 11.0. The van der Waals surface area contributed by atoms with E-state index in [1.54, 1.807) is 7.11 Å². The molecule has 0 fully saturated rings. The van der Waals surface area contributed by atoms with Crippen LogP contribution in [0.3, 0.4) is 0 Å². The number of carbonyl (C=O) groups is 2. The molecule has 17 heavy (non-hydrogen) atoms.